The first-order valence-corrected chi connectivity index (χ1v) is 5.18. The third-order valence-electron chi connectivity index (χ3n) is 2.56. The van der Waals surface area contributed by atoms with Gasteiger partial charge in [-0.15, -0.1) is 0 Å². The van der Waals surface area contributed by atoms with Gasteiger partial charge in [0.2, 0.25) is 0 Å². The largest absolute Gasteiger partial charge is 0.379 e. The smallest absolute Gasteiger partial charge is 0.146 e. The highest BCUT2D eigenvalue weighted by atomic mass is 19.1. The molecule has 1 fully saturated rings. The molecule has 1 atom stereocenters. The summed E-state index contributed by atoms with van der Waals surface area (Å²) in [7, 11) is 0. The van der Waals surface area contributed by atoms with Gasteiger partial charge in [0.15, 0.2) is 0 Å². The minimum absolute atomic E-state index is 0.0464. The van der Waals surface area contributed by atoms with E-state index in [1.165, 1.54) is 6.07 Å². The fourth-order valence-corrected chi connectivity index (χ4v) is 1.63. The Kier molecular flexibility index (Phi) is 3.50. The van der Waals surface area contributed by atoms with Gasteiger partial charge in [-0.3, -0.25) is 0 Å². The van der Waals surface area contributed by atoms with E-state index in [2.05, 4.69) is 0 Å². The van der Waals surface area contributed by atoms with Crippen molar-refractivity contribution < 1.29 is 13.9 Å². The standard InChI is InChI=1S/C12H12FNO2/c13-12-9(6-14)2-1-3-10(12)7-16-11-4-5-15-8-11/h1-3,11H,4-5,7-8H2. The molecule has 0 spiro atoms. The van der Waals surface area contributed by atoms with Crippen LogP contribution in [0.25, 0.3) is 0 Å². The van der Waals surface area contributed by atoms with Gasteiger partial charge in [0.25, 0.3) is 0 Å². The van der Waals surface area contributed by atoms with E-state index < -0.39 is 5.82 Å². The lowest BCUT2D eigenvalue weighted by atomic mass is 10.1. The van der Waals surface area contributed by atoms with Gasteiger partial charge >= 0.3 is 0 Å². The van der Waals surface area contributed by atoms with Crippen LogP contribution in [0, 0.1) is 17.1 Å². The van der Waals surface area contributed by atoms with Crippen LogP contribution in [0.5, 0.6) is 0 Å². The van der Waals surface area contributed by atoms with Crippen LogP contribution < -0.4 is 0 Å². The average Bonchev–Trinajstić information content (AvgIpc) is 2.81. The number of nitrogens with zero attached hydrogens (tertiary/aromatic N) is 1. The van der Waals surface area contributed by atoms with Crippen molar-refractivity contribution in [2.45, 2.75) is 19.1 Å². The highest BCUT2D eigenvalue weighted by Crippen LogP contribution is 2.16. The molecule has 1 aromatic carbocycles. The average molecular weight is 221 g/mol. The Bertz CT molecular complexity index is 408. The van der Waals surface area contributed by atoms with E-state index in [9.17, 15) is 4.39 Å². The van der Waals surface area contributed by atoms with E-state index in [1.54, 1.807) is 12.1 Å². The summed E-state index contributed by atoms with van der Waals surface area (Å²) in [4.78, 5) is 0. The summed E-state index contributed by atoms with van der Waals surface area (Å²) in [5.41, 5.74) is 0.481. The summed E-state index contributed by atoms with van der Waals surface area (Å²) in [5, 5.41) is 8.67. The Morgan fingerprint density at radius 1 is 1.56 bits per heavy atom. The minimum Gasteiger partial charge on any atom is -0.379 e. The van der Waals surface area contributed by atoms with E-state index in [4.69, 9.17) is 14.7 Å². The zero-order valence-electron chi connectivity index (χ0n) is 8.78. The molecule has 0 amide bonds. The lowest BCUT2D eigenvalue weighted by Gasteiger charge is -2.10. The van der Waals surface area contributed by atoms with Crippen molar-refractivity contribution in [3.8, 4) is 6.07 Å². The van der Waals surface area contributed by atoms with Gasteiger partial charge < -0.3 is 9.47 Å². The Balaban J connectivity index is 2.01. The summed E-state index contributed by atoms with van der Waals surface area (Å²) in [6, 6.07) is 6.55. The molecule has 84 valence electrons. The topological polar surface area (TPSA) is 42.2 Å². The molecule has 4 heteroatoms. The van der Waals surface area contributed by atoms with E-state index >= 15 is 0 Å². The molecule has 0 aliphatic carbocycles. The molecular formula is C12H12FNO2. The number of nitriles is 1. The Morgan fingerprint density at radius 2 is 2.44 bits per heavy atom. The van der Waals surface area contributed by atoms with Crippen LogP contribution in [0.2, 0.25) is 0 Å². The molecule has 0 bridgehead atoms. The zero-order chi connectivity index (χ0) is 11.4. The number of ether oxygens (including phenoxy) is 2. The summed E-state index contributed by atoms with van der Waals surface area (Å²) >= 11 is 0. The van der Waals surface area contributed by atoms with Gasteiger partial charge in [-0.05, 0) is 12.5 Å². The molecular weight excluding hydrogens is 209 g/mol. The lowest BCUT2D eigenvalue weighted by molar-refractivity contribution is 0.0304. The highest BCUT2D eigenvalue weighted by Gasteiger charge is 2.17. The van der Waals surface area contributed by atoms with Crippen LogP contribution in [0.3, 0.4) is 0 Å². The molecule has 1 aromatic rings. The van der Waals surface area contributed by atoms with Gasteiger partial charge in [0.05, 0.1) is 24.9 Å². The monoisotopic (exact) mass is 221 g/mol. The van der Waals surface area contributed by atoms with E-state index in [0.717, 1.165) is 6.42 Å². The molecule has 1 aliphatic rings. The summed E-state index contributed by atoms with van der Waals surface area (Å²) in [6.45, 7) is 1.46. The maximum Gasteiger partial charge on any atom is 0.146 e. The molecule has 16 heavy (non-hydrogen) atoms. The molecule has 0 aromatic heterocycles. The minimum atomic E-state index is -0.482. The quantitative estimate of drug-likeness (QED) is 0.784. The fourth-order valence-electron chi connectivity index (χ4n) is 1.63. The van der Waals surface area contributed by atoms with Crippen molar-refractivity contribution in [3.63, 3.8) is 0 Å². The predicted octanol–water partition coefficient (Wildman–Crippen LogP) is 2.00. The first-order valence-electron chi connectivity index (χ1n) is 5.18. The van der Waals surface area contributed by atoms with Crippen LogP contribution in [-0.4, -0.2) is 19.3 Å². The lowest BCUT2D eigenvalue weighted by Crippen LogP contribution is -2.12. The predicted molar refractivity (Wildman–Crippen MR) is 55.1 cm³/mol. The van der Waals surface area contributed by atoms with Crippen molar-refractivity contribution in [2.24, 2.45) is 0 Å². The second-order valence-corrected chi connectivity index (χ2v) is 3.69. The summed E-state index contributed by atoms with van der Waals surface area (Å²) in [6.07, 6.45) is 0.893. The highest BCUT2D eigenvalue weighted by molar-refractivity contribution is 5.34. The molecule has 0 N–H and O–H groups in total. The molecule has 0 saturated carbocycles. The van der Waals surface area contributed by atoms with Crippen molar-refractivity contribution in [3.05, 3.63) is 35.1 Å². The number of benzene rings is 1. The number of hydrogen-bond acceptors (Lipinski definition) is 3. The SMILES string of the molecule is N#Cc1cccc(COC2CCOC2)c1F. The molecule has 2 rings (SSSR count). The van der Waals surface area contributed by atoms with Gasteiger partial charge in [-0.25, -0.2) is 4.39 Å². The first kappa shape index (κ1) is 11.1. The number of rotatable bonds is 3. The molecule has 1 unspecified atom stereocenters. The zero-order valence-corrected chi connectivity index (χ0v) is 8.78. The fraction of sp³-hybridized carbons (Fsp3) is 0.417. The molecule has 1 heterocycles. The second kappa shape index (κ2) is 5.06. The molecule has 3 nitrogen and oxygen atoms in total. The molecule has 1 saturated heterocycles. The Labute approximate surface area is 93.4 Å². The molecule has 0 radical (unpaired) electrons. The summed E-state index contributed by atoms with van der Waals surface area (Å²) in [5.74, 6) is -0.482. The van der Waals surface area contributed by atoms with Crippen LogP contribution in [0.4, 0.5) is 4.39 Å². The molecule has 1 aliphatic heterocycles. The first-order chi connectivity index (χ1) is 7.81. The van der Waals surface area contributed by atoms with Crippen molar-refractivity contribution in [1.29, 1.82) is 5.26 Å². The number of halogens is 1. The number of hydrogen-bond donors (Lipinski definition) is 0. The Morgan fingerprint density at radius 3 is 3.12 bits per heavy atom. The van der Waals surface area contributed by atoms with Gasteiger partial charge in [0.1, 0.15) is 11.9 Å². The van der Waals surface area contributed by atoms with Gasteiger partial charge in [-0.1, -0.05) is 12.1 Å². The van der Waals surface area contributed by atoms with E-state index in [0.29, 0.717) is 18.8 Å². The van der Waals surface area contributed by atoms with Crippen LogP contribution in [0.1, 0.15) is 17.5 Å². The van der Waals surface area contributed by atoms with Crippen LogP contribution >= 0.6 is 0 Å². The normalized spacial score (nSPS) is 19.6. The van der Waals surface area contributed by atoms with Crippen LogP contribution in [0.15, 0.2) is 18.2 Å². The maximum absolute atomic E-state index is 13.6. The van der Waals surface area contributed by atoms with Crippen LogP contribution in [-0.2, 0) is 16.1 Å². The van der Waals surface area contributed by atoms with Gasteiger partial charge in [0, 0.05) is 12.2 Å². The maximum atomic E-state index is 13.6. The van der Waals surface area contributed by atoms with E-state index in [1.807, 2.05) is 6.07 Å². The Hall–Kier alpha value is -1.44. The third-order valence-corrected chi connectivity index (χ3v) is 2.56. The summed E-state index contributed by atoms with van der Waals surface area (Å²) < 4.78 is 24.3. The van der Waals surface area contributed by atoms with E-state index in [-0.39, 0.29) is 18.3 Å². The van der Waals surface area contributed by atoms with Crippen molar-refractivity contribution in [2.75, 3.05) is 13.2 Å². The third kappa shape index (κ3) is 2.38. The van der Waals surface area contributed by atoms with Crippen molar-refractivity contribution in [1.82, 2.24) is 0 Å². The van der Waals surface area contributed by atoms with Gasteiger partial charge in [-0.2, -0.15) is 5.26 Å². The van der Waals surface area contributed by atoms with Crippen molar-refractivity contribution >= 4 is 0 Å². The second-order valence-electron chi connectivity index (χ2n) is 3.69.